The van der Waals surface area contributed by atoms with Crippen LogP contribution in [-0.2, 0) is 4.79 Å². The summed E-state index contributed by atoms with van der Waals surface area (Å²) in [5, 5.41) is 3.02. The Morgan fingerprint density at radius 1 is 1.00 bits per heavy atom. The third-order valence-corrected chi connectivity index (χ3v) is 4.96. The number of nitrogens with zero attached hydrogens (tertiary/aromatic N) is 3. The van der Waals surface area contributed by atoms with Gasteiger partial charge >= 0.3 is 0 Å². The van der Waals surface area contributed by atoms with Crippen LogP contribution in [-0.4, -0.2) is 85.4 Å². The van der Waals surface area contributed by atoms with Crippen LogP contribution in [0.1, 0.15) is 29.8 Å². The number of amides is 2. The van der Waals surface area contributed by atoms with Crippen molar-refractivity contribution >= 4 is 11.8 Å². The molecular weight excluding hydrogens is 320 g/mol. The number of hydrogen-bond acceptors (Lipinski definition) is 5. The maximum Gasteiger partial charge on any atom is 0.289 e. The van der Waals surface area contributed by atoms with Crippen LogP contribution in [0.5, 0.6) is 0 Å². The first-order valence-corrected chi connectivity index (χ1v) is 9.26. The largest absolute Gasteiger partial charge is 0.459 e. The first-order chi connectivity index (χ1) is 12.2. The van der Waals surface area contributed by atoms with Gasteiger partial charge in [-0.15, -0.1) is 0 Å². The van der Waals surface area contributed by atoms with Gasteiger partial charge in [-0.25, -0.2) is 0 Å². The van der Waals surface area contributed by atoms with Gasteiger partial charge in [0, 0.05) is 39.3 Å². The topological polar surface area (TPSA) is 69.0 Å². The van der Waals surface area contributed by atoms with Crippen LogP contribution in [0.4, 0.5) is 0 Å². The van der Waals surface area contributed by atoms with E-state index in [4.69, 9.17) is 4.42 Å². The van der Waals surface area contributed by atoms with E-state index in [0.29, 0.717) is 38.5 Å². The predicted octanol–water partition coefficient (Wildman–Crippen LogP) is 0.640. The number of carbonyl (C=O) groups is 2. The van der Waals surface area contributed by atoms with E-state index < -0.39 is 0 Å². The summed E-state index contributed by atoms with van der Waals surface area (Å²) >= 11 is 0. The van der Waals surface area contributed by atoms with E-state index in [1.165, 1.54) is 25.5 Å². The van der Waals surface area contributed by atoms with Crippen molar-refractivity contribution in [2.24, 2.45) is 0 Å². The van der Waals surface area contributed by atoms with Crippen LogP contribution in [0.3, 0.4) is 0 Å². The fourth-order valence-electron chi connectivity index (χ4n) is 3.46. The molecule has 2 saturated heterocycles. The second kappa shape index (κ2) is 9.01. The van der Waals surface area contributed by atoms with E-state index >= 15 is 0 Å². The highest BCUT2D eigenvalue weighted by Gasteiger charge is 2.24. The minimum atomic E-state index is -0.0735. The summed E-state index contributed by atoms with van der Waals surface area (Å²) in [6.07, 6.45) is 5.39. The Morgan fingerprint density at radius 3 is 2.44 bits per heavy atom. The number of likely N-dealkylation sites (tertiary alicyclic amines) is 1. The van der Waals surface area contributed by atoms with Crippen molar-refractivity contribution in [3.8, 4) is 0 Å². The number of rotatable bonds is 6. The first-order valence-electron chi connectivity index (χ1n) is 9.26. The molecule has 0 atom stereocenters. The molecule has 1 aromatic rings. The van der Waals surface area contributed by atoms with Gasteiger partial charge in [-0.3, -0.25) is 14.5 Å². The fraction of sp³-hybridized carbons (Fsp3) is 0.667. The lowest BCUT2D eigenvalue weighted by atomic mass is 10.1. The normalized spacial score (nSPS) is 19.8. The predicted molar refractivity (Wildman–Crippen MR) is 94.4 cm³/mol. The summed E-state index contributed by atoms with van der Waals surface area (Å²) in [7, 11) is 0. The van der Waals surface area contributed by atoms with Crippen molar-refractivity contribution in [2.75, 3.05) is 58.9 Å². The first kappa shape index (κ1) is 17.9. The number of nitrogens with one attached hydrogen (secondary N) is 1. The monoisotopic (exact) mass is 348 g/mol. The molecule has 0 radical (unpaired) electrons. The lowest BCUT2D eigenvalue weighted by molar-refractivity contribution is -0.122. The van der Waals surface area contributed by atoms with E-state index in [0.717, 1.165) is 26.2 Å². The van der Waals surface area contributed by atoms with Gasteiger partial charge in [0.1, 0.15) is 0 Å². The molecule has 138 valence electrons. The third-order valence-electron chi connectivity index (χ3n) is 4.96. The lowest BCUT2D eigenvalue weighted by Crippen LogP contribution is -2.51. The second-order valence-corrected chi connectivity index (χ2v) is 6.80. The summed E-state index contributed by atoms with van der Waals surface area (Å²) in [5.41, 5.74) is 0. The van der Waals surface area contributed by atoms with E-state index in [2.05, 4.69) is 15.1 Å². The van der Waals surface area contributed by atoms with Gasteiger partial charge in [-0.05, 0) is 38.1 Å². The van der Waals surface area contributed by atoms with Gasteiger partial charge in [-0.2, -0.15) is 0 Å². The lowest BCUT2D eigenvalue weighted by Gasteiger charge is -2.34. The molecule has 1 N–H and O–H groups in total. The molecule has 0 unspecified atom stereocenters. The second-order valence-electron chi connectivity index (χ2n) is 6.80. The molecule has 2 aliphatic rings. The zero-order valence-electron chi connectivity index (χ0n) is 14.8. The Kier molecular flexibility index (Phi) is 6.47. The molecule has 0 aliphatic carbocycles. The molecule has 2 fully saturated rings. The van der Waals surface area contributed by atoms with Gasteiger partial charge in [0.05, 0.1) is 12.8 Å². The number of piperidine rings is 1. The van der Waals surface area contributed by atoms with Gasteiger partial charge in [0.25, 0.3) is 5.91 Å². The van der Waals surface area contributed by atoms with Crippen molar-refractivity contribution in [1.82, 2.24) is 20.0 Å². The molecule has 0 bridgehead atoms. The highest BCUT2D eigenvalue weighted by molar-refractivity contribution is 5.91. The Morgan fingerprint density at radius 2 is 1.76 bits per heavy atom. The van der Waals surface area contributed by atoms with Crippen molar-refractivity contribution in [3.05, 3.63) is 24.2 Å². The molecule has 0 saturated carbocycles. The molecule has 7 nitrogen and oxygen atoms in total. The van der Waals surface area contributed by atoms with Crippen molar-refractivity contribution in [3.63, 3.8) is 0 Å². The minimum Gasteiger partial charge on any atom is -0.459 e. The smallest absolute Gasteiger partial charge is 0.289 e. The number of furan rings is 1. The zero-order chi connectivity index (χ0) is 17.5. The molecule has 2 amide bonds. The molecule has 1 aromatic heterocycles. The van der Waals surface area contributed by atoms with Crippen LogP contribution < -0.4 is 5.32 Å². The summed E-state index contributed by atoms with van der Waals surface area (Å²) in [5.74, 6) is 0.377. The maximum absolute atomic E-state index is 12.2. The summed E-state index contributed by atoms with van der Waals surface area (Å²) in [6, 6.07) is 3.40. The summed E-state index contributed by atoms with van der Waals surface area (Å²) in [4.78, 5) is 30.6. The molecule has 7 heteroatoms. The van der Waals surface area contributed by atoms with Gasteiger partial charge < -0.3 is 19.5 Å². The Bertz CT molecular complexity index is 547. The molecule has 0 aromatic carbocycles. The molecule has 3 rings (SSSR count). The fourth-order valence-corrected chi connectivity index (χ4v) is 3.46. The van der Waals surface area contributed by atoms with Crippen molar-refractivity contribution in [2.45, 2.75) is 19.3 Å². The van der Waals surface area contributed by atoms with Crippen LogP contribution in [0.15, 0.2) is 22.8 Å². The Labute approximate surface area is 148 Å². The molecule has 25 heavy (non-hydrogen) atoms. The Balaban J connectivity index is 1.31. The van der Waals surface area contributed by atoms with Crippen LogP contribution >= 0.6 is 0 Å². The molecular formula is C18H28N4O3. The van der Waals surface area contributed by atoms with Crippen LogP contribution in [0.25, 0.3) is 0 Å². The Hall–Kier alpha value is -1.86. The number of carbonyl (C=O) groups excluding carboxylic acids is 2. The summed E-state index contributed by atoms with van der Waals surface area (Å²) < 4.78 is 5.16. The average Bonchev–Trinajstić information content (AvgIpc) is 3.17. The number of hydrogen-bond donors (Lipinski definition) is 1. The molecule has 2 aliphatic heterocycles. The van der Waals surface area contributed by atoms with Crippen molar-refractivity contribution in [1.29, 1.82) is 0 Å². The van der Waals surface area contributed by atoms with E-state index in [-0.39, 0.29) is 11.8 Å². The highest BCUT2D eigenvalue weighted by Crippen LogP contribution is 2.09. The molecule has 0 spiro atoms. The average molecular weight is 348 g/mol. The van der Waals surface area contributed by atoms with E-state index in [1.54, 1.807) is 17.0 Å². The highest BCUT2D eigenvalue weighted by atomic mass is 16.3. The minimum absolute atomic E-state index is 0.0721. The van der Waals surface area contributed by atoms with Gasteiger partial charge in [0.2, 0.25) is 5.91 Å². The maximum atomic E-state index is 12.2. The van der Waals surface area contributed by atoms with Crippen LogP contribution in [0.2, 0.25) is 0 Å². The number of piperazine rings is 1. The van der Waals surface area contributed by atoms with Gasteiger partial charge in [0.15, 0.2) is 5.76 Å². The summed E-state index contributed by atoms with van der Waals surface area (Å²) in [6.45, 7) is 7.05. The van der Waals surface area contributed by atoms with Crippen molar-refractivity contribution < 1.29 is 14.0 Å². The molecule has 3 heterocycles. The SMILES string of the molecule is O=C(CN1CCN(C(=O)c2ccco2)CC1)NCCN1CCCCC1. The van der Waals surface area contributed by atoms with Crippen LogP contribution in [0, 0.1) is 0 Å². The van der Waals surface area contributed by atoms with E-state index in [9.17, 15) is 9.59 Å². The van der Waals surface area contributed by atoms with E-state index in [1.807, 2.05) is 0 Å². The zero-order valence-corrected chi connectivity index (χ0v) is 14.8. The van der Waals surface area contributed by atoms with Gasteiger partial charge in [-0.1, -0.05) is 6.42 Å². The quantitative estimate of drug-likeness (QED) is 0.817. The standard InChI is InChI=1S/C18H28N4O3/c23-17(19-6-9-20-7-2-1-3-8-20)15-21-10-12-22(13-11-21)18(24)16-5-4-14-25-16/h4-5,14H,1-3,6-13,15H2,(H,19,23). The third kappa shape index (κ3) is 5.31.